The molecule has 1 spiro atoms. The SMILES string of the molecule is O=C(ON1C(=O)CCC1=O)C1CC2(C1)CC(C(=O)ON1C(=O)CCC1=O)C2. The van der Waals surface area contributed by atoms with Crippen molar-refractivity contribution in [3.63, 3.8) is 0 Å². The van der Waals surface area contributed by atoms with Crippen LogP contribution in [-0.2, 0) is 38.4 Å². The van der Waals surface area contributed by atoms with Crippen molar-refractivity contribution in [3.05, 3.63) is 0 Å². The van der Waals surface area contributed by atoms with Crippen molar-refractivity contribution in [2.75, 3.05) is 0 Å². The molecular weight excluding hydrogens is 360 g/mol. The Bertz CT molecular complexity index is 663. The summed E-state index contributed by atoms with van der Waals surface area (Å²) in [5.41, 5.74) is -0.161. The van der Waals surface area contributed by atoms with Crippen LogP contribution >= 0.6 is 0 Å². The second-order valence-electron chi connectivity index (χ2n) is 7.69. The number of hydrogen-bond acceptors (Lipinski definition) is 8. The average molecular weight is 378 g/mol. The molecule has 4 rings (SSSR count). The van der Waals surface area contributed by atoms with Gasteiger partial charge < -0.3 is 9.68 Å². The fourth-order valence-corrected chi connectivity index (χ4v) is 4.28. The van der Waals surface area contributed by atoms with E-state index in [-0.39, 0.29) is 31.1 Å². The van der Waals surface area contributed by atoms with E-state index in [2.05, 4.69) is 0 Å². The van der Waals surface area contributed by atoms with Crippen LogP contribution in [0.3, 0.4) is 0 Å². The quantitative estimate of drug-likeness (QED) is 0.626. The van der Waals surface area contributed by atoms with E-state index in [9.17, 15) is 28.8 Å². The van der Waals surface area contributed by atoms with Gasteiger partial charge in [-0.25, -0.2) is 9.59 Å². The lowest BCUT2D eigenvalue weighted by Crippen LogP contribution is -2.53. The first-order valence-corrected chi connectivity index (χ1v) is 8.93. The molecule has 0 bridgehead atoms. The molecule has 0 unspecified atom stereocenters. The third-order valence-corrected chi connectivity index (χ3v) is 5.76. The molecule has 10 heteroatoms. The van der Waals surface area contributed by atoms with Gasteiger partial charge in [0, 0.05) is 25.7 Å². The number of rotatable bonds is 4. The zero-order valence-corrected chi connectivity index (χ0v) is 14.5. The Hall–Kier alpha value is -2.78. The summed E-state index contributed by atoms with van der Waals surface area (Å²) in [5, 5.41) is 1.08. The molecule has 0 aromatic heterocycles. The number of carbonyl (C=O) groups is 6. The zero-order valence-electron chi connectivity index (χ0n) is 14.5. The molecule has 2 aliphatic carbocycles. The van der Waals surface area contributed by atoms with E-state index in [4.69, 9.17) is 9.68 Å². The Morgan fingerprint density at radius 1 is 0.667 bits per heavy atom. The van der Waals surface area contributed by atoms with Gasteiger partial charge in [-0.1, -0.05) is 0 Å². The second-order valence-corrected chi connectivity index (χ2v) is 7.69. The molecule has 2 heterocycles. The Morgan fingerprint density at radius 3 is 1.26 bits per heavy atom. The van der Waals surface area contributed by atoms with Gasteiger partial charge in [-0.15, -0.1) is 10.1 Å². The summed E-state index contributed by atoms with van der Waals surface area (Å²) >= 11 is 0. The minimum absolute atomic E-state index is 0.0481. The van der Waals surface area contributed by atoms with Crippen LogP contribution in [0, 0.1) is 17.3 Å². The smallest absolute Gasteiger partial charge is 0.330 e. The predicted octanol–water partition coefficient (Wildman–Crippen LogP) is 0.00720. The standard InChI is InChI=1S/C17H18N2O8/c20-11-1-2-12(21)18(11)26-15(24)9-5-17(6-9)7-10(8-17)16(25)27-19-13(22)3-4-14(19)23/h9-10H,1-8H2. The van der Waals surface area contributed by atoms with E-state index >= 15 is 0 Å². The number of amides is 4. The molecule has 10 nitrogen and oxygen atoms in total. The highest BCUT2D eigenvalue weighted by Crippen LogP contribution is 2.61. The van der Waals surface area contributed by atoms with Crippen LogP contribution in [0.2, 0.25) is 0 Å². The molecule has 0 aromatic carbocycles. The summed E-state index contributed by atoms with van der Waals surface area (Å²) in [5.74, 6) is -4.10. The van der Waals surface area contributed by atoms with Gasteiger partial charge in [0.05, 0.1) is 11.8 Å². The summed E-state index contributed by atoms with van der Waals surface area (Å²) < 4.78 is 0. The Kier molecular flexibility index (Phi) is 4.01. The fraction of sp³-hybridized carbons (Fsp3) is 0.647. The molecule has 4 aliphatic rings. The molecule has 4 amide bonds. The Labute approximate surface area is 153 Å². The summed E-state index contributed by atoms with van der Waals surface area (Å²) in [4.78, 5) is 79.9. The average Bonchev–Trinajstić information content (AvgIpc) is 3.02. The molecule has 27 heavy (non-hydrogen) atoms. The Balaban J connectivity index is 1.22. The number of imide groups is 2. The van der Waals surface area contributed by atoms with Gasteiger partial charge in [-0.05, 0) is 31.1 Å². The van der Waals surface area contributed by atoms with E-state index in [1.807, 2.05) is 0 Å². The lowest BCUT2D eigenvalue weighted by atomic mass is 9.48. The predicted molar refractivity (Wildman–Crippen MR) is 82.2 cm³/mol. The van der Waals surface area contributed by atoms with Crippen LogP contribution in [0.15, 0.2) is 0 Å². The van der Waals surface area contributed by atoms with Crippen molar-refractivity contribution < 1.29 is 38.4 Å². The van der Waals surface area contributed by atoms with Crippen molar-refractivity contribution in [1.29, 1.82) is 0 Å². The molecule has 2 saturated carbocycles. The third-order valence-electron chi connectivity index (χ3n) is 5.76. The molecule has 2 aliphatic heterocycles. The van der Waals surface area contributed by atoms with E-state index < -0.39 is 47.4 Å². The number of hydrogen-bond donors (Lipinski definition) is 0. The number of nitrogens with zero attached hydrogens (tertiary/aromatic N) is 2. The lowest BCUT2D eigenvalue weighted by Gasteiger charge is -2.55. The normalized spacial score (nSPS) is 32.6. The largest absolute Gasteiger partial charge is 0.336 e. The monoisotopic (exact) mass is 378 g/mol. The summed E-state index contributed by atoms with van der Waals surface area (Å²) in [6.07, 6.45) is 2.22. The first-order valence-electron chi connectivity index (χ1n) is 8.93. The molecule has 0 atom stereocenters. The van der Waals surface area contributed by atoms with Crippen molar-refractivity contribution in [3.8, 4) is 0 Å². The van der Waals surface area contributed by atoms with Crippen LogP contribution in [0.25, 0.3) is 0 Å². The topological polar surface area (TPSA) is 127 Å². The zero-order chi connectivity index (χ0) is 19.3. The number of hydroxylamine groups is 4. The van der Waals surface area contributed by atoms with E-state index in [0.717, 1.165) is 0 Å². The summed E-state index contributed by atoms with van der Waals surface area (Å²) in [6.45, 7) is 0. The van der Waals surface area contributed by atoms with Crippen LogP contribution in [0.5, 0.6) is 0 Å². The highest BCUT2D eigenvalue weighted by molar-refractivity contribution is 6.02. The molecular formula is C17H18N2O8. The van der Waals surface area contributed by atoms with Gasteiger partial charge in [-0.3, -0.25) is 19.2 Å². The lowest BCUT2D eigenvalue weighted by molar-refractivity contribution is -0.215. The van der Waals surface area contributed by atoms with Gasteiger partial charge in [-0.2, -0.15) is 0 Å². The highest BCUT2D eigenvalue weighted by Gasteiger charge is 2.58. The van der Waals surface area contributed by atoms with E-state index in [0.29, 0.717) is 35.8 Å². The van der Waals surface area contributed by atoms with Crippen LogP contribution in [0.1, 0.15) is 51.4 Å². The van der Waals surface area contributed by atoms with Gasteiger partial charge >= 0.3 is 11.9 Å². The molecule has 4 fully saturated rings. The third kappa shape index (κ3) is 2.98. The fourth-order valence-electron chi connectivity index (χ4n) is 4.28. The highest BCUT2D eigenvalue weighted by atomic mass is 16.7. The van der Waals surface area contributed by atoms with E-state index in [1.165, 1.54) is 0 Å². The van der Waals surface area contributed by atoms with Gasteiger partial charge in [0.15, 0.2) is 0 Å². The minimum Gasteiger partial charge on any atom is -0.330 e. The van der Waals surface area contributed by atoms with Crippen LogP contribution in [0.4, 0.5) is 0 Å². The summed E-state index contributed by atoms with van der Waals surface area (Å²) in [7, 11) is 0. The first-order chi connectivity index (χ1) is 12.8. The Morgan fingerprint density at radius 2 is 0.963 bits per heavy atom. The maximum absolute atomic E-state index is 12.1. The van der Waals surface area contributed by atoms with Crippen molar-refractivity contribution in [2.24, 2.45) is 17.3 Å². The van der Waals surface area contributed by atoms with Crippen LogP contribution < -0.4 is 0 Å². The van der Waals surface area contributed by atoms with Crippen molar-refractivity contribution >= 4 is 35.6 Å². The molecule has 0 aromatic rings. The van der Waals surface area contributed by atoms with Gasteiger partial charge in [0.25, 0.3) is 23.6 Å². The molecule has 2 saturated heterocycles. The maximum Gasteiger partial charge on any atom is 0.336 e. The summed E-state index contributed by atoms with van der Waals surface area (Å²) in [6, 6.07) is 0. The first kappa shape index (κ1) is 17.6. The minimum atomic E-state index is -0.608. The molecule has 144 valence electrons. The van der Waals surface area contributed by atoms with Crippen molar-refractivity contribution in [2.45, 2.75) is 51.4 Å². The maximum atomic E-state index is 12.1. The van der Waals surface area contributed by atoms with Gasteiger partial charge in [0.1, 0.15) is 0 Å². The molecule has 0 N–H and O–H groups in total. The van der Waals surface area contributed by atoms with Gasteiger partial charge in [0.2, 0.25) is 0 Å². The van der Waals surface area contributed by atoms with Crippen molar-refractivity contribution in [1.82, 2.24) is 10.1 Å². The number of carbonyl (C=O) groups excluding carboxylic acids is 6. The second kappa shape index (κ2) is 6.14. The molecule has 0 radical (unpaired) electrons. The van der Waals surface area contributed by atoms with Crippen LogP contribution in [-0.4, -0.2) is 45.7 Å². The van der Waals surface area contributed by atoms with E-state index in [1.54, 1.807) is 0 Å².